The van der Waals surface area contributed by atoms with Crippen LogP contribution in [-0.2, 0) is 0 Å². The number of hydrogen-bond acceptors (Lipinski definition) is 2. The highest BCUT2D eigenvalue weighted by atomic mass is 14.2. The van der Waals surface area contributed by atoms with Gasteiger partial charge in [-0.15, -0.1) is 0 Å². The van der Waals surface area contributed by atoms with Gasteiger partial charge in [0.05, 0.1) is 23.3 Å². The second-order valence-electron chi connectivity index (χ2n) is 4.03. The van der Waals surface area contributed by atoms with Gasteiger partial charge in [0.15, 0.2) is 0 Å². The van der Waals surface area contributed by atoms with E-state index < -0.39 is 0 Å². The molecule has 0 bridgehead atoms. The second-order valence-corrected chi connectivity index (χ2v) is 4.03. The van der Waals surface area contributed by atoms with Gasteiger partial charge in [-0.1, -0.05) is 24.0 Å². The molecule has 2 rings (SSSR count). The standard InChI is InChI=1S/C18H10N2/c19-13-17-9-5-15(6-10-17)3-1-2-4-16-7-11-18(14-20)12-8-16/h1,3,5-12H. The first-order valence-corrected chi connectivity index (χ1v) is 6.00. The molecule has 0 radical (unpaired) electrons. The van der Waals surface area contributed by atoms with E-state index in [-0.39, 0.29) is 0 Å². The van der Waals surface area contributed by atoms with Crippen LogP contribution in [0.15, 0.2) is 54.6 Å². The second kappa shape index (κ2) is 6.60. The molecular formula is C18H10N2. The Morgan fingerprint density at radius 2 is 1.20 bits per heavy atom. The van der Waals surface area contributed by atoms with Crippen molar-refractivity contribution in [2.75, 3.05) is 0 Å². The van der Waals surface area contributed by atoms with Gasteiger partial charge >= 0.3 is 0 Å². The highest BCUT2D eigenvalue weighted by molar-refractivity contribution is 5.55. The van der Waals surface area contributed by atoms with Crippen LogP contribution in [0.25, 0.3) is 6.08 Å². The Morgan fingerprint density at radius 1 is 0.700 bits per heavy atom. The van der Waals surface area contributed by atoms with E-state index in [2.05, 4.69) is 24.0 Å². The van der Waals surface area contributed by atoms with Crippen molar-refractivity contribution in [2.45, 2.75) is 0 Å². The molecule has 0 atom stereocenters. The summed E-state index contributed by atoms with van der Waals surface area (Å²) < 4.78 is 0. The van der Waals surface area contributed by atoms with Crippen molar-refractivity contribution in [1.82, 2.24) is 0 Å². The van der Waals surface area contributed by atoms with Crippen molar-refractivity contribution >= 4 is 6.08 Å². The van der Waals surface area contributed by atoms with E-state index in [1.54, 1.807) is 30.3 Å². The molecule has 0 saturated carbocycles. The van der Waals surface area contributed by atoms with Crippen LogP contribution in [0.2, 0.25) is 0 Å². The summed E-state index contributed by atoms with van der Waals surface area (Å²) >= 11 is 0. The van der Waals surface area contributed by atoms with Crippen LogP contribution >= 0.6 is 0 Å². The average molecular weight is 254 g/mol. The first-order chi connectivity index (χ1) is 9.81. The van der Waals surface area contributed by atoms with Gasteiger partial charge in [0.25, 0.3) is 0 Å². The molecule has 20 heavy (non-hydrogen) atoms. The normalized spacial score (nSPS) is 9.30. The summed E-state index contributed by atoms with van der Waals surface area (Å²) in [6, 6.07) is 18.6. The van der Waals surface area contributed by atoms with Crippen molar-refractivity contribution in [1.29, 1.82) is 10.5 Å². The van der Waals surface area contributed by atoms with Gasteiger partial charge in [-0.2, -0.15) is 10.5 Å². The lowest BCUT2D eigenvalue weighted by Crippen LogP contribution is -1.76. The molecule has 2 nitrogen and oxygen atoms in total. The van der Waals surface area contributed by atoms with Crippen molar-refractivity contribution < 1.29 is 0 Å². The van der Waals surface area contributed by atoms with Gasteiger partial charge in [-0.25, -0.2) is 0 Å². The van der Waals surface area contributed by atoms with Crippen LogP contribution in [0.3, 0.4) is 0 Å². The van der Waals surface area contributed by atoms with Crippen LogP contribution in [0.1, 0.15) is 22.3 Å². The Balaban J connectivity index is 2.04. The SMILES string of the molecule is N#Cc1ccc(C#CC=Cc2ccc(C#N)cc2)cc1. The largest absolute Gasteiger partial charge is 0.192 e. The van der Waals surface area contributed by atoms with Crippen molar-refractivity contribution in [3.63, 3.8) is 0 Å². The lowest BCUT2D eigenvalue weighted by molar-refractivity contribution is 1.48. The number of rotatable bonds is 1. The zero-order valence-electron chi connectivity index (χ0n) is 10.7. The monoisotopic (exact) mass is 254 g/mol. The molecule has 0 spiro atoms. The van der Waals surface area contributed by atoms with Gasteiger partial charge in [0.2, 0.25) is 0 Å². The summed E-state index contributed by atoms with van der Waals surface area (Å²) in [5.74, 6) is 5.93. The van der Waals surface area contributed by atoms with E-state index in [9.17, 15) is 0 Å². The molecule has 0 amide bonds. The van der Waals surface area contributed by atoms with Gasteiger partial charge in [0.1, 0.15) is 0 Å². The molecule has 0 N–H and O–H groups in total. The Hall–Kier alpha value is -3.28. The number of nitriles is 2. The molecular weight excluding hydrogens is 244 g/mol. The van der Waals surface area contributed by atoms with E-state index in [0.717, 1.165) is 11.1 Å². The number of nitrogens with zero attached hydrogens (tertiary/aromatic N) is 2. The molecule has 0 aliphatic heterocycles. The number of allylic oxidation sites excluding steroid dienone is 1. The van der Waals surface area contributed by atoms with Crippen LogP contribution in [-0.4, -0.2) is 0 Å². The molecule has 2 aromatic rings. The molecule has 2 aromatic carbocycles. The van der Waals surface area contributed by atoms with Crippen LogP contribution in [0, 0.1) is 34.5 Å². The third kappa shape index (κ3) is 3.61. The maximum Gasteiger partial charge on any atom is 0.0991 e. The number of benzene rings is 2. The van der Waals surface area contributed by atoms with Gasteiger partial charge in [-0.3, -0.25) is 0 Å². The van der Waals surface area contributed by atoms with E-state index >= 15 is 0 Å². The molecule has 0 unspecified atom stereocenters. The minimum absolute atomic E-state index is 0.628. The van der Waals surface area contributed by atoms with Crippen molar-refractivity contribution in [3.8, 4) is 24.0 Å². The molecule has 0 aliphatic carbocycles. The molecule has 0 aliphatic rings. The van der Waals surface area contributed by atoms with Crippen molar-refractivity contribution in [3.05, 3.63) is 76.9 Å². The summed E-state index contributed by atoms with van der Waals surface area (Å²) in [7, 11) is 0. The van der Waals surface area contributed by atoms with E-state index in [1.807, 2.05) is 30.3 Å². The van der Waals surface area contributed by atoms with E-state index in [0.29, 0.717) is 11.1 Å². The molecule has 0 aromatic heterocycles. The maximum atomic E-state index is 8.70. The van der Waals surface area contributed by atoms with Crippen LogP contribution in [0.5, 0.6) is 0 Å². The maximum absolute atomic E-state index is 8.70. The fourth-order valence-electron chi connectivity index (χ4n) is 1.56. The lowest BCUT2D eigenvalue weighted by Gasteiger charge is -1.91. The minimum Gasteiger partial charge on any atom is -0.192 e. The minimum atomic E-state index is 0.628. The van der Waals surface area contributed by atoms with Crippen LogP contribution in [0.4, 0.5) is 0 Å². The Morgan fingerprint density at radius 3 is 1.75 bits per heavy atom. The first kappa shape index (κ1) is 13.2. The topological polar surface area (TPSA) is 47.6 Å². The van der Waals surface area contributed by atoms with E-state index in [1.165, 1.54) is 0 Å². The van der Waals surface area contributed by atoms with Gasteiger partial charge in [0, 0.05) is 5.56 Å². The molecule has 0 heterocycles. The fraction of sp³-hybridized carbons (Fsp3) is 0. The molecule has 0 fully saturated rings. The molecule has 92 valence electrons. The quantitative estimate of drug-likeness (QED) is 0.731. The smallest absolute Gasteiger partial charge is 0.0991 e. The Labute approximate surface area is 118 Å². The Bertz CT molecular complexity index is 756. The lowest BCUT2D eigenvalue weighted by atomic mass is 10.1. The van der Waals surface area contributed by atoms with Crippen LogP contribution < -0.4 is 0 Å². The predicted octanol–water partition coefficient (Wildman–Crippen LogP) is 3.49. The summed E-state index contributed by atoms with van der Waals surface area (Å²) in [5.41, 5.74) is 3.14. The van der Waals surface area contributed by atoms with E-state index in [4.69, 9.17) is 10.5 Å². The van der Waals surface area contributed by atoms with Crippen molar-refractivity contribution in [2.24, 2.45) is 0 Å². The average Bonchev–Trinajstić information content (AvgIpc) is 2.53. The summed E-state index contributed by atoms with van der Waals surface area (Å²) in [5, 5.41) is 17.4. The summed E-state index contributed by atoms with van der Waals surface area (Å²) in [6.07, 6.45) is 3.65. The summed E-state index contributed by atoms with van der Waals surface area (Å²) in [4.78, 5) is 0. The fourth-order valence-corrected chi connectivity index (χ4v) is 1.56. The first-order valence-electron chi connectivity index (χ1n) is 6.00. The highest BCUT2D eigenvalue weighted by Gasteiger charge is 1.89. The third-order valence-corrected chi connectivity index (χ3v) is 2.63. The zero-order chi connectivity index (χ0) is 14.2. The zero-order valence-corrected chi connectivity index (χ0v) is 10.7. The van der Waals surface area contributed by atoms with Gasteiger partial charge < -0.3 is 0 Å². The van der Waals surface area contributed by atoms with Gasteiger partial charge in [-0.05, 0) is 54.1 Å². The predicted molar refractivity (Wildman–Crippen MR) is 78.2 cm³/mol. The third-order valence-electron chi connectivity index (χ3n) is 2.63. The summed E-state index contributed by atoms with van der Waals surface area (Å²) in [6.45, 7) is 0. The Kier molecular flexibility index (Phi) is 4.34. The number of hydrogen-bond donors (Lipinski definition) is 0. The molecule has 2 heteroatoms. The molecule has 0 saturated heterocycles. The highest BCUT2D eigenvalue weighted by Crippen LogP contribution is 2.05.